The summed E-state index contributed by atoms with van der Waals surface area (Å²) in [6.07, 6.45) is 4.88. The zero-order valence-electron chi connectivity index (χ0n) is 15.6. The molecule has 1 fully saturated rings. The van der Waals surface area contributed by atoms with Crippen molar-refractivity contribution in [1.82, 2.24) is 19.6 Å². The number of aromatic nitrogens is 2. The number of carbonyl (C=O) groups excluding carboxylic acids is 1. The summed E-state index contributed by atoms with van der Waals surface area (Å²) in [7, 11) is 3.83. The average molecular weight is 340 g/mol. The fourth-order valence-electron chi connectivity index (χ4n) is 3.74. The topological polar surface area (TPSA) is 41.4 Å². The Kier molecular flexibility index (Phi) is 4.84. The molecule has 1 atom stereocenters. The minimum atomic E-state index is 0.0545. The van der Waals surface area contributed by atoms with E-state index in [4.69, 9.17) is 0 Å². The van der Waals surface area contributed by atoms with E-state index in [1.165, 1.54) is 11.1 Å². The zero-order valence-corrected chi connectivity index (χ0v) is 15.6. The van der Waals surface area contributed by atoms with Crippen molar-refractivity contribution in [3.63, 3.8) is 0 Å². The summed E-state index contributed by atoms with van der Waals surface area (Å²) in [5.74, 6) is 0.327. The number of likely N-dealkylation sites (tertiary alicyclic amines) is 1. The number of hydrogen-bond donors (Lipinski definition) is 0. The van der Waals surface area contributed by atoms with Gasteiger partial charge in [-0.1, -0.05) is 44.2 Å². The van der Waals surface area contributed by atoms with Gasteiger partial charge in [-0.25, -0.2) is 4.79 Å². The Balaban J connectivity index is 1.62. The van der Waals surface area contributed by atoms with Crippen LogP contribution >= 0.6 is 0 Å². The molecular formula is C20H28N4O. The van der Waals surface area contributed by atoms with Gasteiger partial charge in [-0.15, -0.1) is 0 Å². The molecule has 0 bridgehead atoms. The van der Waals surface area contributed by atoms with Crippen LogP contribution in [0.15, 0.2) is 42.7 Å². The third kappa shape index (κ3) is 3.86. The molecule has 2 amide bonds. The molecule has 0 radical (unpaired) electrons. The highest BCUT2D eigenvalue weighted by Gasteiger charge is 2.43. The SMILES string of the molecule is CN(CCc1ccccc1)C(=O)N1CC(c2cnn(C)c2)C(C)(C)C1. The quantitative estimate of drug-likeness (QED) is 0.858. The van der Waals surface area contributed by atoms with Gasteiger partial charge in [0.05, 0.1) is 6.20 Å². The van der Waals surface area contributed by atoms with Crippen molar-refractivity contribution in [2.75, 3.05) is 26.7 Å². The molecule has 1 aliphatic rings. The number of aryl methyl sites for hydroxylation is 1. The first-order valence-corrected chi connectivity index (χ1v) is 8.89. The lowest BCUT2D eigenvalue weighted by molar-refractivity contribution is 0.169. The van der Waals surface area contributed by atoms with Crippen molar-refractivity contribution in [2.45, 2.75) is 26.2 Å². The Morgan fingerprint density at radius 1 is 1.32 bits per heavy atom. The van der Waals surface area contributed by atoms with Gasteiger partial charge in [0.15, 0.2) is 0 Å². The van der Waals surface area contributed by atoms with Gasteiger partial charge >= 0.3 is 6.03 Å². The van der Waals surface area contributed by atoms with Gasteiger partial charge in [0.1, 0.15) is 0 Å². The van der Waals surface area contributed by atoms with E-state index in [0.717, 1.165) is 26.1 Å². The molecule has 3 rings (SSSR count). The van der Waals surface area contributed by atoms with Crippen LogP contribution < -0.4 is 0 Å². The van der Waals surface area contributed by atoms with Gasteiger partial charge in [-0.05, 0) is 23.0 Å². The van der Waals surface area contributed by atoms with Crippen LogP contribution in [0.5, 0.6) is 0 Å². The monoisotopic (exact) mass is 340 g/mol. The Labute approximate surface area is 150 Å². The summed E-state index contributed by atoms with van der Waals surface area (Å²) >= 11 is 0. The van der Waals surface area contributed by atoms with Gasteiger partial charge in [0.2, 0.25) is 0 Å². The highest BCUT2D eigenvalue weighted by atomic mass is 16.2. The van der Waals surface area contributed by atoms with Gasteiger partial charge in [-0.3, -0.25) is 4.68 Å². The minimum Gasteiger partial charge on any atom is -0.327 e. The molecule has 25 heavy (non-hydrogen) atoms. The van der Waals surface area contributed by atoms with Crippen LogP contribution in [0.3, 0.4) is 0 Å². The molecule has 134 valence electrons. The fourth-order valence-corrected chi connectivity index (χ4v) is 3.74. The van der Waals surface area contributed by atoms with E-state index in [-0.39, 0.29) is 11.4 Å². The van der Waals surface area contributed by atoms with Crippen LogP contribution in [0.2, 0.25) is 0 Å². The Hall–Kier alpha value is -2.30. The summed E-state index contributed by atoms with van der Waals surface area (Å²) in [6, 6.07) is 10.4. The highest BCUT2D eigenvalue weighted by molar-refractivity contribution is 5.74. The number of benzene rings is 1. The second-order valence-corrected chi connectivity index (χ2v) is 7.81. The first kappa shape index (κ1) is 17.5. The summed E-state index contributed by atoms with van der Waals surface area (Å²) in [4.78, 5) is 16.7. The minimum absolute atomic E-state index is 0.0545. The molecule has 1 unspecified atom stereocenters. The standard InChI is InChI=1S/C20H28N4O/c1-20(2)15-24(14-18(20)17-12-21-23(4)13-17)19(25)22(3)11-10-16-8-6-5-7-9-16/h5-9,12-13,18H,10-11,14-15H2,1-4H3. The zero-order chi connectivity index (χ0) is 18.0. The normalized spacial score (nSPS) is 19.2. The molecule has 5 nitrogen and oxygen atoms in total. The van der Waals surface area contributed by atoms with Crippen LogP contribution in [0, 0.1) is 5.41 Å². The maximum atomic E-state index is 12.9. The number of amides is 2. The third-order valence-corrected chi connectivity index (χ3v) is 5.25. The molecule has 0 saturated carbocycles. The van der Waals surface area contributed by atoms with E-state index in [9.17, 15) is 4.79 Å². The third-order valence-electron chi connectivity index (χ3n) is 5.25. The van der Waals surface area contributed by atoms with Crippen molar-refractivity contribution in [3.05, 3.63) is 53.9 Å². The summed E-state index contributed by atoms with van der Waals surface area (Å²) in [5.41, 5.74) is 2.53. The van der Waals surface area contributed by atoms with Crippen LogP contribution in [0.1, 0.15) is 30.9 Å². The molecule has 5 heteroatoms. The predicted molar refractivity (Wildman–Crippen MR) is 99.5 cm³/mol. The molecular weight excluding hydrogens is 312 g/mol. The number of rotatable bonds is 4. The number of carbonyl (C=O) groups is 1. The molecule has 0 aliphatic carbocycles. The Morgan fingerprint density at radius 3 is 2.68 bits per heavy atom. The highest BCUT2D eigenvalue weighted by Crippen LogP contribution is 2.42. The smallest absolute Gasteiger partial charge is 0.319 e. The number of nitrogens with zero attached hydrogens (tertiary/aromatic N) is 4. The largest absolute Gasteiger partial charge is 0.327 e. The van der Waals surface area contributed by atoms with E-state index in [2.05, 4.69) is 37.3 Å². The fraction of sp³-hybridized carbons (Fsp3) is 0.500. The molecule has 2 aromatic rings. The van der Waals surface area contributed by atoms with Crippen molar-refractivity contribution >= 4 is 6.03 Å². The van der Waals surface area contributed by atoms with E-state index >= 15 is 0 Å². The average Bonchev–Trinajstić information content (AvgIpc) is 3.15. The van der Waals surface area contributed by atoms with Gasteiger partial charge in [-0.2, -0.15) is 5.10 Å². The van der Waals surface area contributed by atoms with Crippen molar-refractivity contribution in [1.29, 1.82) is 0 Å². The molecule has 0 spiro atoms. The summed E-state index contributed by atoms with van der Waals surface area (Å²) in [6.45, 7) is 6.75. The van der Waals surface area contributed by atoms with Crippen molar-refractivity contribution in [3.8, 4) is 0 Å². The number of hydrogen-bond acceptors (Lipinski definition) is 2. The maximum Gasteiger partial charge on any atom is 0.319 e. The second-order valence-electron chi connectivity index (χ2n) is 7.81. The molecule has 1 aliphatic heterocycles. The lowest BCUT2D eigenvalue weighted by atomic mass is 9.79. The first-order chi connectivity index (χ1) is 11.9. The van der Waals surface area contributed by atoms with E-state index in [0.29, 0.717) is 5.92 Å². The first-order valence-electron chi connectivity index (χ1n) is 8.89. The predicted octanol–water partition coefficient (Wildman–Crippen LogP) is 3.14. The Morgan fingerprint density at radius 2 is 2.04 bits per heavy atom. The maximum absolute atomic E-state index is 12.9. The molecule has 1 aromatic carbocycles. The van der Waals surface area contributed by atoms with Crippen LogP contribution in [0.25, 0.3) is 0 Å². The second kappa shape index (κ2) is 6.90. The van der Waals surface area contributed by atoms with E-state index < -0.39 is 0 Å². The molecule has 2 heterocycles. The molecule has 1 saturated heterocycles. The van der Waals surface area contributed by atoms with E-state index in [1.54, 1.807) is 0 Å². The van der Waals surface area contributed by atoms with Crippen molar-refractivity contribution in [2.24, 2.45) is 12.5 Å². The summed E-state index contributed by atoms with van der Waals surface area (Å²) < 4.78 is 1.84. The summed E-state index contributed by atoms with van der Waals surface area (Å²) in [5, 5.41) is 4.30. The van der Waals surface area contributed by atoms with Crippen molar-refractivity contribution < 1.29 is 4.79 Å². The lowest BCUT2D eigenvalue weighted by Gasteiger charge is -2.26. The van der Waals surface area contributed by atoms with Gasteiger partial charge in [0.25, 0.3) is 0 Å². The van der Waals surface area contributed by atoms with E-state index in [1.807, 2.05) is 53.0 Å². The molecule has 1 aromatic heterocycles. The van der Waals surface area contributed by atoms with Gasteiger partial charge in [0, 0.05) is 45.8 Å². The molecule has 0 N–H and O–H groups in total. The number of likely N-dealkylation sites (N-methyl/N-ethyl adjacent to an activating group) is 1. The van der Waals surface area contributed by atoms with Crippen LogP contribution in [0.4, 0.5) is 4.79 Å². The lowest BCUT2D eigenvalue weighted by Crippen LogP contribution is -2.41. The van der Waals surface area contributed by atoms with Crippen LogP contribution in [-0.2, 0) is 13.5 Å². The number of urea groups is 1. The van der Waals surface area contributed by atoms with Gasteiger partial charge < -0.3 is 9.80 Å². The van der Waals surface area contributed by atoms with Crippen LogP contribution in [-0.4, -0.2) is 52.3 Å². The Bertz CT molecular complexity index is 722.